The number of nitrogens with zero attached hydrogens (tertiary/aromatic N) is 1. The van der Waals surface area contributed by atoms with Gasteiger partial charge in [-0.05, 0) is 31.9 Å². The predicted octanol–water partition coefficient (Wildman–Crippen LogP) is 2.50. The lowest BCUT2D eigenvalue weighted by Gasteiger charge is -2.05. The quantitative estimate of drug-likeness (QED) is 0.385. The molecule has 0 aliphatic carbocycles. The zero-order chi connectivity index (χ0) is 9.14. The van der Waals surface area contributed by atoms with E-state index in [2.05, 4.69) is 5.16 Å². The van der Waals surface area contributed by atoms with Crippen molar-refractivity contribution in [2.75, 3.05) is 0 Å². The van der Waals surface area contributed by atoms with E-state index in [0.29, 0.717) is 5.71 Å². The second-order valence-corrected chi connectivity index (χ2v) is 2.93. The van der Waals surface area contributed by atoms with Gasteiger partial charge in [-0.15, -0.1) is 0 Å². The number of benzene rings is 1. The van der Waals surface area contributed by atoms with Crippen molar-refractivity contribution in [1.82, 2.24) is 0 Å². The van der Waals surface area contributed by atoms with Crippen LogP contribution in [0.5, 0.6) is 0 Å². The summed E-state index contributed by atoms with van der Waals surface area (Å²) in [6, 6.07) is 5.97. The molecule has 0 radical (unpaired) electrons. The molecule has 0 amide bonds. The van der Waals surface area contributed by atoms with E-state index in [1.165, 1.54) is 11.1 Å². The van der Waals surface area contributed by atoms with Gasteiger partial charge in [0, 0.05) is 5.56 Å². The standard InChI is InChI=1S/C10H13NO/c1-7-5-4-6-10(8(7)2)9(3)11-12/h4-6,12H,1-3H3/b11-9+. The number of hydrogen-bond donors (Lipinski definition) is 1. The molecule has 0 heterocycles. The van der Waals surface area contributed by atoms with Gasteiger partial charge < -0.3 is 5.21 Å². The molecule has 0 aliphatic heterocycles. The summed E-state index contributed by atoms with van der Waals surface area (Å²) >= 11 is 0. The van der Waals surface area contributed by atoms with E-state index in [9.17, 15) is 0 Å². The average Bonchev–Trinajstić information content (AvgIpc) is 2.08. The van der Waals surface area contributed by atoms with Crippen LogP contribution in [-0.2, 0) is 0 Å². The molecule has 0 spiro atoms. The maximum atomic E-state index is 8.59. The third-order valence-corrected chi connectivity index (χ3v) is 2.14. The van der Waals surface area contributed by atoms with Gasteiger partial charge in [0.2, 0.25) is 0 Å². The first-order valence-electron chi connectivity index (χ1n) is 3.92. The average molecular weight is 163 g/mol. The summed E-state index contributed by atoms with van der Waals surface area (Å²) in [5, 5.41) is 11.8. The van der Waals surface area contributed by atoms with Gasteiger partial charge in [-0.1, -0.05) is 23.4 Å². The third kappa shape index (κ3) is 1.47. The molecule has 0 aromatic heterocycles. The minimum Gasteiger partial charge on any atom is -0.411 e. The molecule has 2 heteroatoms. The van der Waals surface area contributed by atoms with Gasteiger partial charge in [0.1, 0.15) is 0 Å². The monoisotopic (exact) mass is 163 g/mol. The van der Waals surface area contributed by atoms with Crippen LogP contribution in [0.4, 0.5) is 0 Å². The summed E-state index contributed by atoms with van der Waals surface area (Å²) in [5.74, 6) is 0. The van der Waals surface area contributed by atoms with Crippen molar-refractivity contribution in [2.24, 2.45) is 5.16 Å². The highest BCUT2D eigenvalue weighted by Gasteiger charge is 2.02. The van der Waals surface area contributed by atoms with Crippen LogP contribution in [0.1, 0.15) is 23.6 Å². The number of oxime groups is 1. The molecule has 64 valence electrons. The van der Waals surface area contributed by atoms with Crippen molar-refractivity contribution in [1.29, 1.82) is 0 Å². The number of aryl methyl sites for hydroxylation is 1. The Morgan fingerprint density at radius 1 is 1.33 bits per heavy atom. The summed E-state index contributed by atoms with van der Waals surface area (Å²) in [4.78, 5) is 0. The van der Waals surface area contributed by atoms with Crippen molar-refractivity contribution < 1.29 is 5.21 Å². The van der Waals surface area contributed by atoms with Crippen molar-refractivity contribution in [3.05, 3.63) is 34.9 Å². The lowest BCUT2D eigenvalue weighted by Crippen LogP contribution is -1.99. The molecule has 0 aliphatic rings. The molecule has 0 saturated heterocycles. The second kappa shape index (κ2) is 3.39. The second-order valence-electron chi connectivity index (χ2n) is 2.93. The van der Waals surface area contributed by atoms with Gasteiger partial charge in [-0.2, -0.15) is 0 Å². The minimum absolute atomic E-state index is 0.663. The van der Waals surface area contributed by atoms with E-state index in [1.54, 1.807) is 6.92 Å². The Kier molecular flexibility index (Phi) is 2.48. The molecule has 2 nitrogen and oxygen atoms in total. The van der Waals surface area contributed by atoms with Gasteiger partial charge in [0.25, 0.3) is 0 Å². The van der Waals surface area contributed by atoms with Crippen LogP contribution < -0.4 is 0 Å². The lowest BCUT2D eigenvalue weighted by atomic mass is 10.0. The molecule has 0 atom stereocenters. The van der Waals surface area contributed by atoms with Gasteiger partial charge in [-0.25, -0.2) is 0 Å². The fourth-order valence-electron chi connectivity index (χ4n) is 1.20. The van der Waals surface area contributed by atoms with Crippen LogP contribution in [-0.4, -0.2) is 10.9 Å². The molecule has 1 N–H and O–H groups in total. The highest BCUT2D eigenvalue weighted by molar-refractivity contribution is 5.99. The predicted molar refractivity (Wildman–Crippen MR) is 49.9 cm³/mol. The van der Waals surface area contributed by atoms with Gasteiger partial charge in [-0.3, -0.25) is 0 Å². The van der Waals surface area contributed by atoms with E-state index in [-0.39, 0.29) is 0 Å². The first-order valence-corrected chi connectivity index (χ1v) is 3.92. The van der Waals surface area contributed by atoms with Crippen molar-refractivity contribution in [2.45, 2.75) is 20.8 Å². The first kappa shape index (κ1) is 8.78. The van der Waals surface area contributed by atoms with E-state index >= 15 is 0 Å². The Bertz CT molecular complexity index is 316. The number of rotatable bonds is 1. The molecule has 1 aromatic rings. The molecular weight excluding hydrogens is 150 g/mol. The SMILES string of the molecule is C/C(=N\O)c1cccc(C)c1C. The topological polar surface area (TPSA) is 32.6 Å². The van der Waals surface area contributed by atoms with Crippen molar-refractivity contribution in [3.63, 3.8) is 0 Å². The zero-order valence-electron chi connectivity index (χ0n) is 7.63. The van der Waals surface area contributed by atoms with Crippen LogP contribution in [0.25, 0.3) is 0 Å². The summed E-state index contributed by atoms with van der Waals surface area (Å²) in [5.41, 5.74) is 4.07. The van der Waals surface area contributed by atoms with Crippen LogP contribution in [0, 0.1) is 13.8 Å². The van der Waals surface area contributed by atoms with Crippen molar-refractivity contribution >= 4 is 5.71 Å². The van der Waals surface area contributed by atoms with Crippen LogP contribution in [0.15, 0.2) is 23.4 Å². The fourth-order valence-corrected chi connectivity index (χ4v) is 1.20. The maximum Gasteiger partial charge on any atom is 0.0839 e. The minimum atomic E-state index is 0.663. The van der Waals surface area contributed by atoms with Crippen LogP contribution >= 0.6 is 0 Å². The molecule has 12 heavy (non-hydrogen) atoms. The number of hydrogen-bond acceptors (Lipinski definition) is 2. The Hall–Kier alpha value is -1.31. The van der Waals surface area contributed by atoms with Gasteiger partial charge in [0.15, 0.2) is 0 Å². The first-order chi connectivity index (χ1) is 5.66. The van der Waals surface area contributed by atoms with E-state index in [1.807, 2.05) is 32.0 Å². The largest absolute Gasteiger partial charge is 0.411 e. The fraction of sp³-hybridized carbons (Fsp3) is 0.300. The molecular formula is C10H13NO. The summed E-state index contributed by atoms with van der Waals surface area (Å²) in [6.07, 6.45) is 0. The van der Waals surface area contributed by atoms with Gasteiger partial charge in [0.05, 0.1) is 5.71 Å². The van der Waals surface area contributed by atoms with Crippen LogP contribution in [0.2, 0.25) is 0 Å². The Morgan fingerprint density at radius 3 is 2.58 bits per heavy atom. The molecule has 1 rings (SSSR count). The molecule has 0 saturated carbocycles. The Balaban J connectivity index is 3.26. The molecule has 1 aromatic carbocycles. The normalized spacial score (nSPS) is 11.8. The van der Waals surface area contributed by atoms with Crippen LogP contribution in [0.3, 0.4) is 0 Å². The Labute approximate surface area is 72.5 Å². The zero-order valence-corrected chi connectivity index (χ0v) is 7.63. The van der Waals surface area contributed by atoms with E-state index < -0.39 is 0 Å². The lowest BCUT2D eigenvalue weighted by molar-refractivity contribution is 0.319. The van der Waals surface area contributed by atoms with E-state index in [0.717, 1.165) is 5.56 Å². The highest BCUT2D eigenvalue weighted by Crippen LogP contribution is 2.13. The molecule has 0 fully saturated rings. The van der Waals surface area contributed by atoms with Crippen molar-refractivity contribution in [3.8, 4) is 0 Å². The van der Waals surface area contributed by atoms with E-state index in [4.69, 9.17) is 5.21 Å². The molecule has 0 bridgehead atoms. The third-order valence-electron chi connectivity index (χ3n) is 2.14. The molecule has 0 unspecified atom stereocenters. The summed E-state index contributed by atoms with van der Waals surface area (Å²) in [6.45, 7) is 5.87. The maximum absolute atomic E-state index is 8.59. The highest BCUT2D eigenvalue weighted by atomic mass is 16.4. The summed E-state index contributed by atoms with van der Waals surface area (Å²) < 4.78 is 0. The Morgan fingerprint density at radius 2 is 2.00 bits per heavy atom. The van der Waals surface area contributed by atoms with Gasteiger partial charge >= 0.3 is 0 Å². The summed E-state index contributed by atoms with van der Waals surface area (Å²) in [7, 11) is 0. The smallest absolute Gasteiger partial charge is 0.0839 e.